The maximum Gasteiger partial charge on any atom is 0.277 e. The molecule has 0 aliphatic rings. The second kappa shape index (κ2) is 6.79. The number of thiocarbonyl (C=S) groups is 1. The number of carbonyl (C=O) groups excluding carboxylic acids is 1. The minimum Gasteiger partial charge on any atom is -0.389 e. The molecule has 1 heterocycles. The summed E-state index contributed by atoms with van der Waals surface area (Å²) in [6.07, 6.45) is 0. The molecule has 1 aromatic carbocycles. The van der Waals surface area contributed by atoms with Gasteiger partial charge in [-0.2, -0.15) is 0 Å². The van der Waals surface area contributed by atoms with Gasteiger partial charge in [-0.15, -0.1) is 0 Å². The smallest absolute Gasteiger partial charge is 0.277 e. The topological polar surface area (TPSA) is 90.4 Å². The van der Waals surface area contributed by atoms with Crippen LogP contribution in [0, 0.1) is 0 Å². The van der Waals surface area contributed by atoms with Crippen molar-refractivity contribution in [3.63, 3.8) is 0 Å². The van der Waals surface area contributed by atoms with Gasteiger partial charge in [-0.1, -0.05) is 17.4 Å². The SMILES string of the molecule is COCc1cc(C(=O)Nc2ccc(C(N)=S)cc2Br)no1. The third-order valence-corrected chi connectivity index (χ3v) is 3.47. The lowest BCUT2D eigenvalue weighted by atomic mass is 10.2. The predicted molar refractivity (Wildman–Crippen MR) is 85.2 cm³/mol. The monoisotopic (exact) mass is 369 g/mol. The number of anilines is 1. The Morgan fingerprint density at radius 2 is 2.29 bits per heavy atom. The molecule has 0 radical (unpaired) electrons. The zero-order valence-corrected chi connectivity index (χ0v) is 13.5. The predicted octanol–water partition coefficient (Wildman–Crippen LogP) is 2.47. The van der Waals surface area contributed by atoms with Crippen molar-refractivity contribution in [1.29, 1.82) is 0 Å². The number of carbonyl (C=O) groups is 1. The Morgan fingerprint density at radius 3 is 2.90 bits per heavy atom. The third kappa shape index (κ3) is 3.87. The quantitative estimate of drug-likeness (QED) is 0.786. The van der Waals surface area contributed by atoms with Crippen LogP contribution in [0.25, 0.3) is 0 Å². The minimum absolute atomic E-state index is 0.173. The van der Waals surface area contributed by atoms with Crippen LogP contribution >= 0.6 is 28.1 Å². The number of halogens is 1. The van der Waals surface area contributed by atoms with Crippen LogP contribution in [0.5, 0.6) is 0 Å². The van der Waals surface area contributed by atoms with Crippen LogP contribution in [0.15, 0.2) is 33.3 Å². The molecule has 0 fully saturated rings. The number of nitrogens with zero attached hydrogens (tertiary/aromatic N) is 1. The lowest BCUT2D eigenvalue weighted by Gasteiger charge is -2.07. The highest BCUT2D eigenvalue weighted by Crippen LogP contribution is 2.24. The van der Waals surface area contributed by atoms with E-state index in [1.54, 1.807) is 18.2 Å². The second-order valence-corrected chi connectivity index (χ2v) is 5.42. The number of hydrogen-bond acceptors (Lipinski definition) is 5. The third-order valence-electron chi connectivity index (χ3n) is 2.58. The lowest BCUT2D eigenvalue weighted by molar-refractivity contribution is 0.101. The van der Waals surface area contributed by atoms with Crippen molar-refractivity contribution in [2.75, 3.05) is 12.4 Å². The van der Waals surface area contributed by atoms with Gasteiger partial charge in [-0.05, 0) is 34.1 Å². The van der Waals surface area contributed by atoms with Crippen LogP contribution in [-0.2, 0) is 11.3 Å². The zero-order valence-electron chi connectivity index (χ0n) is 11.1. The van der Waals surface area contributed by atoms with E-state index < -0.39 is 0 Å². The van der Waals surface area contributed by atoms with Gasteiger partial charge >= 0.3 is 0 Å². The number of benzene rings is 1. The van der Waals surface area contributed by atoms with Gasteiger partial charge in [0.2, 0.25) is 0 Å². The van der Waals surface area contributed by atoms with E-state index >= 15 is 0 Å². The molecule has 1 amide bonds. The van der Waals surface area contributed by atoms with Gasteiger partial charge in [0.05, 0.1) is 5.69 Å². The minimum atomic E-state index is -0.384. The average Bonchev–Trinajstić information content (AvgIpc) is 2.90. The molecule has 2 rings (SSSR count). The first-order chi connectivity index (χ1) is 10.0. The molecule has 0 saturated heterocycles. The molecule has 1 aromatic heterocycles. The van der Waals surface area contributed by atoms with Crippen LogP contribution < -0.4 is 11.1 Å². The van der Waals surface area contributed by atoms with Crippen molar-refractivity contribution in [2.24, 2.45) is 5.73 Å². The summed E-state index contributed by atoms with van der Waals surface area (Å²) in [7, 11) is 1.53. The van der Waals surface area contributed by atoms with E-state index in [1.165, 1.54) is 13.2 Å². The van der Waals surface area contributed by atoms with E-state index in [0.717, 1.165) is 0 Å². The Hall–Kier alpha value is -1.77. The fourth-order valence-corrected chi connectivity index (χ4v) is 2.19. The molecule has 2 aromatic rings. The molecular weight excluding hydrogens is 358 g/mol. The van der Waals surface area contributed by atoms with E-state index in [-0.39, 0.29) is 23.2 Å². The Bertz CT molecular complexity index is 687. The van der Waals surface area contributed by atoms with Crippen LogP contribution in [0.3, 0.4) is 0 Å². The van der Waals surface area contributed by atoms with E-state index in [9.17, 15) is 4.79 Å². The van der Waals surface area contributed by atoms with Crippen molar-refractivity contribution >= 4 is 44.7 Å². The molecule has 0 saturated carbocycles. The highest BCUT2D eigenvalue weighted by Gasteiger charge is 2.14. The Kier molecular flexibility index (Phi) is 5.05. The standard InChI is InChI=1S/C13H12BrN3O3S/c1-19-6-8-5-11(17-20-8)13(18)16-10-3-2-7(12(15)21)4-9(10)14/h2-5H,6H2,1H3,(H2,15,21)(H,16,18). The first kappa shape index (κ1) is 15.6. The number of rotatable bonds is 5. The molecule has 6 nitrogen and oxygen atoms in total. The molecule has 0 aliphatic carbocycles. The Balaban J connectivity index is 2.13. The van der Waals surface area contributed by atoms with Crippen molar-refractivity contribution in [2.45, 2.75) is 6.61 Å². The van der Waals surface area contributed by atoms with Gasteiger partial charge in [-0.25, -0.2) is 0 Å². The summed E-state index contributed by atoms with van der Waals surface area (Å²) in [4.78, 5) is 12.3. The molecule has 0 aliphatic heterocycles. The van der Waals surface area contributed by atoms with Crippen molar-refractivity contribution < 1.29 is 14.1 Å². The van der Waals surface area contributed by atoms with Crippen LogP contribution in [0.4, 0.5) is 5.69 Å². The summed E-state index contributed by atoms with van der Waals surface area (Å²) >= 11 is 8.25. The molecule has 110 valence electrons. The first-order valence-corrected chi connectivity index (χ1v) is 7.06. The molecule has 0 bridgehead atoms. The first-order valence-electron chi connectivity index (χ1n) is 5.86. The number of methoxy groups -OCH3 is 1. The van der Waals surface area contributed by atoms with Gasteiger partial charge in [0.1, 0.15) is 11.6 Å². The fraction of sp³-hybridized carbons (Fsp3) is 0.154. The molecule has 0 unspecified atom stereocenters. The van der Waals surface area contributed by atoms with Gasteiger partial charge in [0.25, 0.3) is 5.91 Å². The Labute approximate surface area is 134 Å². The number of nitrogens with one attached hydrogen (secondary N) is 1. The summed E-state index contributed by atoms with van der Waals surface area (Å²) in [5.41, 5.74) is 7.01. The number of nitrogens with two attached hydrogens (primary N) is 1. The normalized spacial score (nSPS) is 10.4. The fourth-order valence-electron chi connectivity index (χ4n) is 1.59. The maximum absolute atomic E-state index is 12.1. The second-order valence-electron chi connectivity index (χ2n) is 4.12. The highest BCUT2D eigenvalue weighted by molar-refractivity contribution is 9.10. The Morgan fingerprint density at radius 1 is 1.52 bits per heavy atom. The van der Waals surface area contributed by atoms with Gasteiger partial charge in [-0.3, -0.25) is 4.79 Å². The average molecular weight is 370 g/mol. The number of ether oxygens (including phenoxy) is 1. The van der Waals surface area contributed by atoms with Crippen molar-refractivity contribution in [3.8, 4) is 0 Å². The van der Waals surface area contributed by atoms with Crippen molar-refractivity contribution in [1.82, 2.24) is 5.16 Å². The molecule has 0 spiro atoms. The number of aromatic nitrogens is 1. The maximum atomic E-state index is 12.1. The summed E-state index contributed by atoms with van der Waals surface area (Å²) in [6.45, 7) is 0.257. The van der Waals surface area contributed by atoms with Gasteiger partial charge < -0.3 is 20.3 Å². The number of hydrogen-bond donors (Lipinski definition) is 2. The molecule has 8 heteroatoms. The van der Waals surface area contributed by atoms with E-state index in [0.29, 0.717) is 21.5 Å². The zero-order chi connectivity index (χ0) is 15.4. The van der Waals surface area contributed by atoms with Gasteiger partial charge in [0, 0.05) is 23.2 Å². The largest absolute Gasteiger partial charge is 0.389 e. The molecule has 3 N–H and O–H groups in total. The van der Waals surface area contributed by atoms with E-state index in [4.69, 9.17) is 27.2 Å². The summed E-state index contributed by atoms with van der Waals surface area (Å²) in [5.74, 6) is 0.0930. The number of amides is 1. The van der Waals surface area contributed by atoms with Crippen LogP contribution in [0.1, 0.15) is 21.8 Å². The van der Waals surface area contributed by atoms with Crippen molar-refractivity contribution in [3.05, 3.63) is 45.8 Å². The summed E-state index contributed by atoms with van der Waals surface area (Å²) in [5, 5.41) is 6.40. The lowest BCUT2D eigenvalue weighted by Crippen LogP contribution is -2.14. The summed E-state index contributed by atoms with van der Waals surface area (Å²) in [6, 6.07) is 6.68. The molecule has 0 atom stereocenters. The molecule has 21 heavy (non-hydrogen) atoms. The van der Waals surface area contributed by atoms with E-state index in [2.05, 4.69) is 26.4 Å². The van der Waals surface area contributed by atoms with Gasteiger partial charge in [0.15, 0.2) is 11.5 Å². The van der Waals surface area contributed by atoms with Crippen LogP contribution in [-0.4, -0.2) is 23.2 Å². The van der Waals surface area contributed by atoms with E-state index in [1.807, 2.05) is 0 Å². The summed E-state index contributed by atoms with van der Waals surface area (Å²) < 4.78 is 10.5. The molecular formula is C13H12BrN3O3S. The van der Waals surface area contributed by atoms with Crippen LogP contribution in [0.2, 0.25) is 0 Å². The highest BCUT2D eigenvalue weighted by atomic mass is 79.9.